The van der Waals surface area contributed by atoms with E-state index in [0.717, 1.165) is 51.4 Å². The van der Waals surface area contributed by atoms with E-state index in [0.29, 0.717) is 12.8 Å². The number of rotatable bonds is 49. The van der Waals surface area contributed by atoms with Crippen LogP contribution >= 0.6 is 0 Å². The van der Waals surface area contributed by atoms with E-state index in [1.807, 2.05) is 0 Å². The molecule has 0 aromatic rings. The van der Waals surface area contributed by atoms with Crippen molar-refractivity contribution in [1.29, 1.82) is 0 Å². The van der Waals surface area contributed by atoms with Gasteiger partial charge >= 0.3 is 113 Å². The third kappa shape index (κ3) is 52.2. The number of carbonyl (C=O) groups is 10. The first-order chi connectivity index (χ1) is 34.6. The van der Waals surface area contributed by atoms with Gasteiger partial charge in [0.1, 0.15) is 13.2 Å². The van der Waals surface area contributed by atoms with Crippen LogP contribution in [0.2, 0.25) is 0 Å². The van der Waals surface area contributed by atoms with Crippen LogP contribution in [0.3, 0.4) is 0 Å². The maximum atomic E-state index is 13.0. The molecule has 74 heavy (non-hydrogen) atoms. The molecule has 0 aromatic heterocycles. The minimum Gasteiger partial charge on any atom is -0.550 e. The van der Waals surface area contributed by atoms with Crippen molar-refractivity contribution in [1.82, 2.24) is 0 Å². The van der Waals surface area contributed by atoms with E-state index in [-0.39, 0.29) is 98.0 Å². The number of aliphatic carboxylic acids is 2. The van der Waals surface area contributed by atoms with Crippen LogP contribution in [0, 0.1) is 0 Å². The van der Waals surface area contributed by atoms with E-state index in [2.05, 4.69) is 13.8 Å². The van der Waals surface area contributed by atoms with E-state index >= 15 is 0 Å². The Bertz CT molecular complexity index is 1470. The Morgan fingerprint density at radius 3 is 0.878 bits per heavy atom. The summed E-state index contributed by atoms with van der Waals surface area (Å²) >= 11 is 0. The molecule has 20 nitrogen and oxygen atoms in total. The summed E-state index contributed by atoms with van der Waals surface area (Å²) in [6.45, 7) is 0.687. The van der Waals surface area contributed by atoms with E-state index in [4.69, 9.17) is 37.9 Å². The molecule has 0 N–H and O–H groups in total. The number of carbonyl (C=O) groups excluding carboxylic acids is 10. The molecule has 0 aliphatic heterocycles. The van der Waals surface area contributed by atoms with Gasteiger partial charge in [0.2, 0.25) is 0 Å². The maximum Gasteiger partial charge on any atom is 1.00 e. The predicted octanol–water partition coefficient (Wildman–Crippen LogP) is 0.795. The average Bonchev–Trinajstić information content (AvgIpc) is 3.33. The summed E-state index contributed by atoms with van der Waals surface area (Å²) in [5.41, 5.74) is 0. The maximum absolute atomic E-state index is 13.0. The van der Waals surface area contributed by atoms with Crippen LogP contribution < -0.4 is 69.3 Å². The second-order valence-corrected chi connectivity index (χ2v) is 17.7. The van der Waals surface area contributed by atoms with Crippen LogP contribution in [0.4, 0.5) is 0 Å². The quantitative estimate of drug-likeness (QED) is 0.0268. The van der Waals surface area contributed by atoms with Crippen molar-refractivity contribution in [3.63, 3.8) is 0 Å². The van der Waals surface area contributed by atoms with Gasteiger partial charge in [-0.1, -0.05) is 142 Å². The van der Waals surface area contributed by atoms with Gasteiger partial charge in [0.25, 0.3) is 0 Å². The molecule has 0 aromatic carbocycles. The standard InChI is InChI=1S/C52H86O20.2Na/c1-3-5-7-9-11-13-15-17-19-21-23-27-44(57)67-39-41(40-68-45(58)28-24-22-20-18-16-14-12-10-8-6-4-2)69-50(63)35-36-51(64)72-52(70-48(61)29-25-37-65-46(59)33-31-42(53)54)71-49(62)30-26-38-66-47(60)34-32-43(55)56;;/h41,52H,3-40H2,1-2H3,(H,53,54)(H,55,56);;/q;2*+1/p-2. The smallest absolute Gasteiger partial charge is 0.550 e. The number of ether oxygens (including phenoxy) is 8. The molecule has 0 aliphatic carbocycles. The summed E-state index contributed by atoms with van der Waals surface area (Å²) in [5.74, 6) is -9.94. The largest absolute Gasteiger partial charge is 1.00 e. The van der Waals surface area contributed by atoms with Crippen molar-refractivity contribution in [2.75, 3.05) is 26.4 Å². The van der Waals surface area contributed by atoms with Crippen LogP contribution in [0.15, 0.2) is 0 Å². The van der Waals surface area contributed by atoms with E-state index in [9.17, 15) is 58.2 Å². The van der Waals surface area contributed by atoms with Crippen LogP contribution in [-0.2, 0) is 85.8 Å². The van der Waals surface area contributed by atoms with E-state index in [1.54, 1.807) is 0 Å². The van der Waals surface area contributed by atoms with E-state index < -0.39 is 137 Å². The Hall–Kier alpha value is -3.30. The van der Waals surface area contributed by atoms with Crippen molar-refractivity contribution >= 4 is 59.7 Å². The molecule has 0 spiro atoms. The van der Waals surface area contributed by atoms with Crippen molar-refractivity contribution < 1.29 is 155 Å². The summed E-state index contributed by atoms with van der Waals surface area (Å²) < 4.78 is 40.9. The summed E-state index contributed by atoms with van der Waals surface area (Å²) in [5, 5.41) is 21.1. The molecule has 414 valence electrons. The summed E-state index contributed by atoms with van der Waals surface area (Å²) in [6, 6.07) is 0. The topological polar surface area (TPSA) is 291 Å². The Kier molecular flexibility index (Phi) is 53.8. The van der Waals surface area contributed by atoms with Crippen LogP contribution in [-0.4, -0.2) is 98.7 Å². The molecular formula is C52H84Na2O20. The molecule has 0 aliphatic rings. The molecule has 0 radical (unpaired) electrons. The second kappa shape index (κ2) is 53.1. The number of hydrogen-bond donors (Lipinski definition) is 0. The van der Waals surface area contributed by atoms with Crippen molar-refractivity contribution in [2.24, 2.45) is 0 Å². The molecule has 0 rings (SSSR count). The number of esters is 8. The van der Waals surface area contributed by atoms with Crippen LogP contribution in [0.1, 0.15) is 232 Å². The SMILES string of the molecule is CCCCCCCCCCCCCC(=O)OCC(COC(=O)CCCCCCCCCCCCC)OC(=O)CCC(=O)OC(OC(=O)CCCOC(=O)CCC(=O)[O-])OC(=O)CCCOC(=O)CCC(=O)[O-].[Na+].[Na+]. The van der Waals surface area contributed by atoms with Crippen LogP contribution in [0.5, 0.6) is 0 Å². The fourth-order valence-corrected chi connectivity index (χ4v) is 6.88. The van der Waals surface area contributed by atoms with Crippen molar-refractivity contribution in [2.45, 2.75) is 245 Å². The molecule has 0 saturated heterocycles. The third-order valence-electron chi connectivity index (χ3n) is 11.0. The van der Waals surface area contributed by atoms with Gasteiger partial charge in [-0.15, -0.1) is 0 Å². The zero-order valence-electron chi connectivity index (χ0n) is 45.2. The Morgan fingerprint density at radius 2 is 0.554 bits per heavy atom. The number of carboxylic acid groups (broad SMARTS) is 2. The Balaban J connectivity index is -0.0000252. The van der Waals surface area contributed by atoms with Crippen LogP contribution in [0.25, 0.3) is 0 Å². The van der Waals surface area contributed by atoms with Gasteiger partial charge in [0, 0.05) is 37.6 Å². The Morgan fingerprint density at radius 1 is 0.297 bits per heavy atom. The summed E-state index contributed by atoms with van der Waals surface area (Å²) in [4.78, 5) is 121. The monoisotopic (exact) mass is 1070 g/mol. The zero-order valence-corrected chi connectivity index (χ0v) is 49.2. The molecule has 0 amide bonds. The Labute approximate surface area is 482 Å². The van der Waals surface area contributed by atoms with Gasteiger partial charge in [-0.25, -0.2) is 0 Å². The fourth-order valence-electron chi connectivity index (χ4n) is 6.88. The number of unbranched alkanes of at least 4 members (excludes halogenated alkanes) is 20. The molecule has 0 unspecified atom stereocenters. The number of hydrogen-bond acceptors (Lipinski definition) is 20. The molecule has 0 heterocycles. The average molecular weight is 1080 g/mol. The minimum absolute atomic E-state index is 0. The normalized spacial score (nSPS) is 10.6. The molecule has 0 atom stereocenters. The second-order valence-electron chi connectivity index (χ2n) is 17.7. The fraction of sp³-hybridized carbons (Fsp3) is 0.808. The molecule has 0 fully saturated rings. The minimum atomic E-state index is -2.25. The summed E-state index contributed by atoms with van der Waals surface area (Å²) in [7, 11) is 0. The van der Waals surface area contributed by atoms with Crippen molar-refractivity contribution in [3.8, 4) is 0 Å². The first-order valence-electron chi connectivity index (χ1n) is 26.4. The van der Waals surface area contributed by atoms with Gasteiger partial charge < -0.3 is 57.7 Å². The van der Waals surface area contributed by atoms with Gasteiger partial charge in [0.15, 0.2) is 6.10 Å². The summed E-state index contributed by atoms with van der Waals surface area (Å²) in [6.07, 6.45) is 19.0. The number of carboxylic acids is 2. The van der Waals surface area contributed by atoms with E-state index in [1.165, 1.54) is 77.0 Å². The predicted molar refractivity (Wildman–Crippen MR) is 254 cm³/mol. The van der Waals surface area contributed by atoms with Gasteiger partial charge in [-0.05, 0) is 38.5 Å². The van der Waals surface area contributed by atoms with Gasteiger partial charge in [0.05, 0.1) is 38.9 Å². The molecule has 22 heteroatoms. The first-order valence-corrected chi connectivity index (χ1v) is 26.4. The zero-order chi connectivity index (χ0) is 53.5. The molecule has 0 saturated carbocycles. The third-order valence-corrected chi connectivity index (χ3v) is 11.0. The molecular weight excluding hydrogens is 991 g/mol. The first kappa shape index (κ1) is 74.9. The molecule has 0 bridgehead atoms. The van der Waals surface area contributed by atoms with Crippen molar-refractivity contribution in [3.05, 3.63) is 0 Å². The van der Waals surface area contributed by atoms with Gasteiger partial charge in [-0.2, -0.15) is 0 Å². The van der Waals surface area contributed by atoms with Gasteiger partial charge in [-0.3, -0.25) is 38.4 Å².